The van der Waals surface area contributed by atoms with Gasteiger partial charge in [-0.25, -0.2) is 0 Å². The van der Waals surface area contributed by atoms with Crippen LogP contribution in [0.1, 0.15) is 12.5 Å². The van der Waals surface area contributed by atoms with E-state index in [4.69, 9.17) is 14.2 Å². The second-order valence-corrected chi connectivity index (χ2v) is 4.59. The summed E-state index contributed by atoms with van der Waals surface area (Å²) in [7, 11) is 1.67. The van der Waals surface area contributed by atoms with Gasteiger partial charge in [0.1, 0.15) is 5.75 Å². The fraction of sp³-hybridized carbons (Fsp3) is 0.571. The summed E-state index contributed by atoms with van der Waals surface area (Å²) in [6.07, 6.45) is 0.431. The minimum absolute atomic E-state index is 0.159. The number of methoxy groups -OCH3 is 1. The van der Waals surface area contributed by atoms with Crippen LogP contribution in [0, 0.1) is 0 Å². The zero-order chi connectivity index (χ0) is 12.8. The first kappa shape index (κ1) is 13.3. The number of nitrogens with one attached hydrogen (secondary N) is 1. The van der Waals surface area contributed by atoms with E-state index in [9.17, 15) is 0 Å². The van der Waals surface area contributed by atoms with E-state index in [1.165, 1.54) is 0 Å². The molecule has 1 aliphatic rings. The molecular weight excluding hydrogens is 230 g/mol. The SMILES string of the molecule is COc1ccc(COCC2CNCC(C)O2)cc1. The summed E-state index contributed by atoms with van der Waals surface area (Å²) < 4.78 is 16.5. The van der Waals surface area contributed by atoms with Crippen molar-refractivity contribution in [2.75, 3.05) is 26.8 Å². The van der Waals surface area contributed by atoms with Gasteiger partial charge < -0.3 is 19.5 Å². The van der Waals surface area contributed by atoms with Gasteiger partial charge in [-0.05, 0) is 24.6 Å². The molecule has 0 bridgehead atoms. The highest BCUT2D eigenvalue weighted by Crippen LogP contribution is 2.12. The van der Waals surface area contributed by atoms with Crippen LogP contribution < -0.4 is 10.1 Å². The monoisotopic (exact) mass is 251 g/mol. The number of morpholine rings is 1. The van der Waals surface area contributed by atoms with E-state index >= 15 is 0 Å². The van der Waals surface area contributed by atoms with E-state index in [1.807, 2.05) is 24.3 Å². The standard InChI is InChI=1S/C14H21NO3/c1-11-7-15-8-14(18-11)10-17-9-12-3-5-13(16-2)6-4-12/h3-6,11,14-15H,7-10H2,1-2H3. The van der Waals surface area contributed by atoms with Crippen molar-refractivity contribution < 1.29 is 14.2 Å². The van der Waals surface area contributed by atoms with Crippen LogP contribution >= 0.6 is 0 Å². The summed E-state index contributed by atoms with van der Waals surface area (Å²) in [5, 5.41) is 3.33. The average molecular weight is 251 g/mol. The van der Waals surface area contributed by atoms with E-state index < -0.39 is 0 Å². The fourth-order valence-electron chi connectivity index (χ4n) is 2.00. The molecular formula is C14H21NO3. The number of rotatable bonds is 5. The summed E-state index contributed by atoms with van der Waals surface area (Å²) in [6, 6.07) is 7.92. The molecule has 2 atom stereocenters. The topological polar surface area (TPSA) is 39.7 Å². The number of hydrogen-bond donors (Lipinski definition) is 1. The average Bonchev–Trinajstić information content (AvgIpc) is 2.40. The smallest absolute Gasteiger partial charge is 0.118 e. The first-order valence-electron chi connectivity index (χ1n) is 6.35. The lowest BCUT2D eigenvalue weighted by Gasteiger charge is -2.28. The first-order valence-corrected chi connectivity index (χ1v) is 6.35. The predicted molar refractivity (Wildman–Crippen MR) is 69.9 cm³/mol. The van der Waals surface area contributed by atoms with Gasteiger partial charge in [0.15, 0.2) is 0 Å². The molecule has 18 heavy (non-hydrogen) atoms. The largest absolute Gasteiger partial charge is 0.497 e. The molecule has 1 aromatic carbocycles. The highest BCUT2D eigenvalue weighted by molar-refractivity contribution is 5.26. The Hall–Kier alpha value is -1.10. The van der Waals surface area contributed by atoms with Crippen LogP contribution in [0.5, 0.6) is 5.75 Å². The maximum atomic E-state index is 5.75. The quantitative estimate of drug-likeness (QED) is 0.862. The van der Waals surface area contributed by atoms with Gasteiger partial charge in [-0.1, -0.05) is 12.1 Å². The molecule has 0 aromatic heterocycles. The molecule has 2 unspecified atom stereocenters. The summed E-state index contributed by atoms with van der Waals surface area (Å²) in [5.74, 6) is 0.868. The second kappa shape index (κ2) is 6.73. The van der Waals surface area contributed by atoms with Crippen LogP contribution in [0.4, 0.5) is 0 Å². The lowest BCUT2D eigenvalue weighted by molar-refractivity contribution is -0.0716. The minimum Gasteiger partial charge on any atom is -0.497 e. The van der Waals surface area contributed by atoms with Crippen molar-refractivity contribution in [3.05, 3.63) is 29.8 Å². The van der Waals surface area contributed by atoms with Gasteiger partial charge >= 0.3 is 0 Å². The van der Waals surface area contributed by atoms with Gasteiger partial charge in [0.25, 0.3) is 0 Å². The minimum atomic E-state index is 0.159. The Morgan fingerprint density at radius 3 is 2.72 bits per heavy atom. The molecule has 4 heteroatoms. The summed E-state index contributed by atoms with van der Waals surface area (Å²) in [6.45, 7) is 5.10. The van der Waals surface area contributed by atoms with Crippen molar-refractivity contribution in [2.45, 2.75) is 25.7 Å². The Balaban J connectivity index is 1.70. The number of hydrogen-bond acceptors (Lipinski definition) is 4. The molecule has 1 saturated heterocycles. The van der Waals surface area contributed by atoms with E-state index in [0.717, 1.165) is 24.4 Å². The Labute approximate surface area is 108 Å². The van der Waals surface area contributed by atoms with E-state index in [1.54, 1.807) is 7.11 Å². The molecule has 1 N–H and O–H groups in total. The molecule has 100 valence electrons. The highest BCUT2D eigenvalue weighted by atomic mass is 16.5. The van der Waals surface area contributed by atoms with Crippen molar-refractivity contribution in [3.8, 4) is 5.75 Å². The summed E-state index contributed by atoms with van der Waals surface area (Å²) >= 11 is 0. The Morgan fingerprint density at radius 2 is 2.06 bits per heavy atom. The van der Waals surface area contributed by atoms with Crippen LogP contribution in [0.3, 0.4) is 0 Å². The summed E-state index contributed by atoms with van der Waals surface area (Å²) in [5.41, 5.74) is 1.15. The molecule has 0 amide bonds. The van der Waals surface area contributed by atoms with Gasteiger partial charge in [-0.15, -0.1) is 0 Å². The zero-order valence-corrected chi connectivity index (χ0v) is 11.0. The van der Waals surface area contributed by atoms with Crippen molar-refractivity contribution in [3.63, 3.8) is 0 Å². The van der Waals surface area contributed by atoms with Crippen molar-refractivity contribution in [1.29, 1.82) is 0 Å². The molecule has 1 fully saturated rings. The molecule has 1 heterocycles. The van der Waals surface area contributed by atoms with E-state index in [-0.39, 0.29) is 12.2 Å². The summed E-state index contributed by atoms with van der Waals surface area (Å²) in [4.78, 5) is 0. The molecule has 1 aliphatic heterocycles. The first-order chi connectivity index (χ1) is 8.78. The van der Waals surface area contributed by atoms with Gasteiger partial charge in [0.05, 0.1) is 32.5 Å². The van der Waals surface area contributed by atoms with Gasteiger partial charge in [0.2, 0.25) is 0 Å². The van der Waals surface area contributed by atoms with Gasteiger partial charge in [0, 0.05) is 13.1 Å². The third kappa shape index (κ3) is 3.98. The van der Waals surface area contributed by atoms with Crippen LogP contribution in [0.25, 0.3) is 0 Å². The normalized spacial score (nSPS) is 23.9. The molecule has 0 radical (unpaired) electrons. The van der Waals surface area contributed by atoms with Crippen molar-refractivity contribution in [1.82, 2.24) is 5.32 Å². The van der Waals surface area contributed by atoms with Crippen LogP contribution in [0.2, 0.25) is 0 Å². The number of benzene rings is 1. The predicted octanol–water partition coefficient (Wildman–Crippen LogP) is 1.59. The van der Waals surface area contributed by atoms with Crippen LogP contribution in [-0.2, 0) is 16.1 Å². The lowest BCUT2D eigenvalue weighted by Crippen LogP contribution is -2.45. The van der Waals surface area contributed by atoms with Gasteiger partial charge in [-0.3, -0.25) is 0 Å². The highest BCUT2D eigenvalue weighted by Gasteiger charge is 2.18. The molecule has 0 aliphatic carbocycles. The van der Waals surface area contributed by atoms with Crippen LogP contribution in [0.15, 0.2) is 24.3 Å². The Kier molecular flexibility index (Phi) is 4.99. The Morgan fingerprint density at radius 1 is 1.28 bits per heavy atom. The third-order valence-electron chi connectivity index (χ3n) is 2.96. The maximum absolute atomic E-state index is 5.75. The fourth-order valence-corrected chi connectivity index (χ4v) is 2.00. The molecule has 1 aromatic rings. The zero-order valence-electron chi connectivity index (χ0n) is 11.0. The molecule has 4 nitrogen and oxygen atoms in total. The van der Waals surface area contributed by atoms with E-state index in [2.05, 4.69) is 12.2 Å². The van der Waals surface area contributed by atoms with Crippen molar-refractivity contribution >= 4 is 0 Å². The van der Waals surface area contributed by atoms with Crippen LogP contribution in [-0.4, -0.2) is 39.0 Å². The molecule has 0 saturated carbocycles. The van der Waals surface area contributed by atoms with Gasteiger partial charge in [-0.2, -0.15) is 0 Å². The lowest BCUT2D eigenvalue weighted by atomic mass is 10.2. The van der Waals surface area contributed by atoms with E-state index in [0.29, 0.717) is 13.2 Å². The molecule has 2 rings (SSSR count). The molecule has 0 spiro atoms. The maximum Gasteiger partial charge on any atom is 0.118 e. The third-order valence-corrected chi connectivity index (χ3v) is 2.96. The second-order valence-electron chi connectivity index (χ2n) is 4.59. The number of ether oxygens (including phenoxy) is 3. The Bertz CT molecular complexity index is 353. The van der Waals surface area contributed by atoms with Crippen molar-refractivity contribution in [2.24, 2.45) is 0 Å².